The molecule has 2 aliphatic rings. The molecular weight excluding hydrogens is 1060 g/mol. The molecule has 0 unspecified atom stereocenters. The summed E-state index contributed by atoms with van der Waals surface area (Å²) in [5, 5.41) is 5.82. The van der Waals surface area contributed by atoms with E-state index in [2.05, 4.69) is 217 Å². The van der Waals surface area contributed by atoms with Gasteiger partial charge in [-0.15, -0.1) is 0 Å². The first-order valence-corrected chi connectivity index (χ1v) is 36.2. The summed E-state index contributed by atoms with van der Waals surface area (Å²) >= 11 is 0. The Labute approximate surface area is 536 Å². The molecule has 0 atom stereocenters. The normalized spacial score (nSPS) is 14.0. The van der Waals surface area contributed by atoms with Crippen LogP contribution in [0.15, 0.2) is 133 Å². The van der Waals surface area contributed by atoms with E-state index in [9.17, 15) is 0 Å². The van der Waals surface area contributed by atoms with E-state index < -0.39 is 5.41 Å². The van der Waals surface area contributed by atoms with E-state index >= 15 is 0 Å². The zero-order chi connectivity index (χ0) is 62.1. The molecule has 0 heterocycles. The highest BCUT2D eigenvalue weighted by molar-refractivity contribution is 6.12. The zero-order valence-corrected chi connectivity index (χ0v) is 57.5. The van der Waals surface area contributed by atoms with Crippen molar-refractivity contribution in [3.05, 3.63) is 200 Å². The minimum absolute atomic E-state index is 0.0234. The standard InChI is InChI=1S/C88H114/c1-13-17-21-25-29-33-37-71-72(38-34-30-26-22-18-14-2)78-59-65(41-53-74(78)73-51-39-63(5)57-77(71)73)66-42-54-76-80-61-82-79(75-52-40-64(6)58-81(75)87(82,55-35-31-27-23-19-15-3)56-36-32-28-24-20-16-4)62-84(80)88(83(76)60-66,69-47-43-67(44-48-69)85(7,8)9)70-49-45-68(46-50-70)86(10,11)12/h39-54,57-62H,13-38,55-56H2,1-12H3. The minimum Gasteiger partial charge on any atom is -0.0654 e. The highest BCUT2D eigenvalue weighted by Crippen LogP contribution is 2.62. The second-order valence-corrected chi connectivity index (χ2v) is 30.1. The summed E-state index contributed by atoms with van der Waals surface area (Å²) in [6.45, 7) is 28.2. The molecular formula is C88H114. The second kappa shape index (κ2) is 29.1. The molecule has 0 amide bonds. The van der Waals surface area contributed by atoms with Crippen LogP contribution < -0.4 is 0 Å². The largest absolute Gasteiger partial charge is 0.0714 e. The third kappa shape index (κ3) is 13.6. The van der Waals surface area contributed by atoms with Crippen LogP contribution in [0.1, 0.15) is 303 Å². The molecule has 88 heavy (non-hydrogen) atoms. The summed E-state index contributed by atoms with van der Waals surface area (Å²) in [7, 11) is 0. The fourth-order valence-corrected chi connectivity index (χ4v) is 16.3. The lowest BCUT2D eigenvalue weighted by atomic mass is 9.66. The van der Waals surface area contributed by atoms with Crippen molar-refractivity contribution >= 4 is 21.5 Å². The van der Waals surface area contributed by atoms with Gasteiger partial charge in [-0.1, -0.05) is 331 Å². The Hall–Kier alpha value is -5.72. The quantitative estimate of drug-likeness (QED) is 0.0300. The van der Waals surface area contributed by atoms with Gasteiger partial charge in [0.15, 0.2) is 0 Å². The first-order chi connectivity index (χ1) is 42.6. The molecule has 0 fully saturated rings. The number of rotatable bonds is 31. The van der Waals surface area contributed by atoms with Crippen LogP contribution in [-0.4, -0.2) is 0 Å². The van der Waals surface area contributed by atoms with E-state index in [0.717, 1.165) is 12.8 Å². The van der Waals surface area contributed by atoms with Gasteiger partial charge in [0.05, 0.1) is 5.41 Å². The topological polar surface area (TPSA) is 0 Å². The van der Waals surface area contributed by atoms with Gasteiger partial charge in [-0.2, -0.15) is 0 Å². The van der Waals surface area contributed by atoms with E-state index in [1.54, 1.807) is 22.3 Å². The van der Waals surface area contributed by atoms with Crippen molar-refractivity contribution in [2.24, 2.45) is 0 Å². The van der Waals surface area contributed by atoms with E-state index in [0.29, 0.717) is 0 Å². The van der Waals surface area contributed by atoms with Gasteiger partial charge in [0.25, 0.3) is 0 Å². The Bertz CT molecular complexity index is 3520. The number of hydrogen-bond donors (Lipinski definition) is 0. The molecule has 0 aliphatic heterocycles. The summed E-state index contributed by atoms with van der Waals surface area (Å²) in [5.41, 5.74) is 25.4. The third-order valence-electron chi connectivity index (χ3n) is 21.4. The van der Waals surface area contributed by atoms with Crippen molar-refractivity contribution in [1.82, 2.24) is 0 Å². The van der Waals surface area contributed by atoms with Crippen LogP contribution in [0.25, 0.3) is 54.9 Å². The fourth-order valence-electron chi connectivity index (χ4n) is 16.3. The van der Waals surface area contributed by atoms with Crippen LogP contribution in [0.3, 0.4) is 0 Å². The summed E-state index contributed by atoms with van der Waals surface area (Å²) in [6.07, 6.45) is 36.4. The van der Waals surface area contributed by atoms with Crippen LogP contribution in [0, 0.1) is 13.8 Å². The predicted molar refractivity (Wildman–Crippen MR) is 387 cm³/mol. The average molecular weight is 1170 g/mol. The average Bonchev–Trinajstić information content (AvgIpc) is 1.51. The number of unbranched alkanes of at least 4 members (excludes halogenated alkanes) is 20. The van der Waals surface area contributed by atoms with E-state index in [-0.39, 0.29) is 16.2 Å². The number of aryl methyl sites for hydroxylation is 4. The van der Waals surface area contributed by atoms with Gasteiger partial charge < -0.3 is 0 Å². The van der Waals surface area contributed by atoms with Crippen LogP contribution in [-0.2, 0) is 34.5 Å². The monoisotopic (exact) mass is 1170 g/mol. The molecule has 0 aromatic heterocycles. The third-order valence-corrected chi connectivity index (χ3v) is 21.4. The highest BCUT2D eigenvalue weighted by Gasteiger charge is 2.50. The maximum absolute atomic E-state index is 2.80. The molecule has 0 radical (unpaired) electrons. The molecule has 8 aromatic rings. The Kier molecular flexibility index (Phi) is 21.5. The van der Waals surface area contributed by atoms with Crippen molar-refractivity contribution in [3.63, 3.8) is 0 Å². The molecule has 10 rings (SSSR count). The van der Waals surface area contributed by atoms with Crippen LogP contribution in [0.2, 0.25) is 0 Å². The first kappa shape index (κ1) is 65.2. The molecule has 0 N–H and O–H groups in total. The number of benzene rings is 8. The van der Waals surface area contributed by atoms with Crippen molar-refractivity contribution in [3.8, 4) is 33.4 Å². The Morgan fingerprint density at radius 3 is 1.17 bits per heavy atom. The lowest BCUT2D eigenvalue weighted by molar-refractivity contribution is 0.397. The van der Waals surface area contributed by atoms with E-state index in [1.807, 2.05) is 0 Å². The van der Waals surface area contributed by atoms with Gasteiger partial charge in [-0.3, -0.25) is 0 Å². The molecule has 0 heteroatoms. The molecule has 0 bridgehead atoms. The summed E-state index contributed by atoms with van der Waals surface area (Å²) in [6, 6.07) is 55.9. The maximum atomic E-state index is 2.80. The Balaban J connectivity index is 1.21. The number of fused-ring (bicyclic) bond motifs is 9. The van der Waals surface area contributed by atoms with Crippen LogP contribution in [0.5, 0.6) is 0 Å². The minimum atomic E-state index is -0.574. The predicted octanol–water partition coefficient (Wildman–Crippen LogP) is 26.8. The zero-order valence-electron chi connectivity index (χ0n) is 57.5. The first-order valence-electron chi connectivity index (χ1n) is 36.2. The molecule has 0 spiro atoms. The highest BCUT2D eigenvalue weighted by atomic mass is 14.5. The van der Waals surface area contributed by atoms with Gasteiger partial charge in [-0.25, -0.2) is 0 Å². The lowest BCUT2D eigenvalue weighted by Gasteiger charge is -2.36. The molecule has 0 saturated heterocycles. The summed E-state index contributed by atoms with van der Waals surface area (Å²) in [4.78, 5) is 0. The van der Waals surface area contributed by atoms with E-state index in [4.69, 9.17) is 0 Å². The van der Waals surface area contributed by atoms with Gasteiger partial charge in [-0.05, 0) is 198 Å². The van der Waals surface area contributed by atoms with E-state index in [1.165, 1.54) is 266 Å². The van der Waals surface area contributed by atoms with Crippen molar-refractivity contribution in [2.75, 3.05) is 0 Å². The summed E-state index contributed by atoms with van der Waals surface area (Å²) < 4.78 is 0. The number of hydrogen-bond acceptors (Lipinski definition) is 0. The fraction of sp³-hybridized carbons (Fsp3) is 0.500. The van der Waals surface area contributed by atoms with Gasteiger partial charge in [0.2, 0.25) is 0 Å². The Morgan fingerprint density at radius 2 is 0.659 bits per heavy atom. The molecule has 0 saturated carbocycles. The van der Waals surface area contributed by atoms with Crippen molar-refractivity contribution in [1.29, 1.82) is 0 Å². The van der Waals surface area contributed by atoms with Crippen LogP contribution >= 0.6 is 0 Å². The molecule has 8 aromatic carbocycles. The Morgan fingerprint density at radius 1 is 0.295 bits per heavy atom. The molecule has 466 valence electrons. The molecule has 2 aliphatic carbocycles. The van der Waals surface area contributed by atoms with Gasteiger partial charge in [0, 0.05) is 5.41 Å². The maximum Gasteiger partial charge on any atom is 0.0714 e. The van der Waals surface area contributed by atoms with Crippen molar-refractivity contribution < 1.29 is 0 Å². The lowest BCUT2D eigenvalue weighted by Crippen LogP contribution is -2.29. The van der Waals surface area contributed by atoms with Gasteiger partial charge >= 0.3 is 0 Å². The summed E-state index contributed by atoms with van der Waals surface area (Å²) in [5.74, 6) is 0. The van der Waals surface area contributed by atoms with Crippen molar-refractivity contribution in [2.45, 2.75) is 285 Å². The van der Waals surface area contributed by atoms with Gasteiger partial charge in [0.1, 0.15) is 0 Å². The second-order valence-electron chi connectivity index (χ2n) is 30.1. The smallest absolute Gasteiger partial charge is 0.0654 e. The van der Waals surface area contributed by atoms with Crippen LogP contribution in [0.4, 0.5) is 0 Å². The SMILES string of the molecule is CCCCCCCCc1c(CCCCCCCC)c2cc(-c3ccc4c(c3)C(c3ccc(C(C)(C)C)cc3)(c3ccc(C(C)(C)C)cc3)c3cc5c(cc3-4)C(CCCCCCCC)(CCCCCCCC)c3cc(C)ccc3-5)ccc2c2ccc(C)cc12. The molecule has 0 nitrogen and oxygen atoms in total.